The van der Waals surface area contributed by atoms with Crippen molar-refractivity contribution in [2.75, 3.05) is 32.8 Å². The van der Waals surface area contributed by atoms with Gasteiger partial charge in [-0.2, -0.15) is 0 Å². The number of piperazine rings is 1. The van der Waals surface area contributed by atoms with Gasteiger partial charge in [0.05, 0.1) is 0 Å². The maximum absolute atomic E-state index is 14.7. The number of hydrogen-bond donors (Lipinski definition) is 2. The van der Waals surface area contributed by atoms with Crippen LogP contribution in [0.5, 0.6) is 5.75 Å². The molecule has 1 aliphatic rings. The molecule has 0 unspecified atom stereocenters. The third-order valence-corrected chi connectivity index (χ3v) is 5.15. The van der Waals surface area contributed by atoms with Crippen molar-refractivity contribution in [3.63, 3.8) is 0 Å². The maximum Gasteiger partial charge on any atom is 0.289 e. The monoisotopic (exact) mass is 390 g/mol. The quantitative estimate of drug-likeness (QED) is 0.760. The number of ether oxygens (including phenoxy) is 1. The fourth-order valence-electron chi connectivity index (χ4n) is 3.85. The smallest absolute Gasteiger partial charge is 0.289 e. The molecule has 2 N–H and O–H groups in total. The van der Waals surface area contributed by atoms with Gasteiger partial charge in [0, 0.05) is 26.2 Å². The molecular formula is C22H28F2N2O2. The minimum atomic E-state index is -3.22. The topological polar surface area (TPSA) is 44.7 Å². The molecule has 0 aliphatic carbocycles. The first-order valence-electron chi connectivity index (χ1n) is 9.63. The summed E-state index contributed by atoms with van der Waals surface area (Å²) in [6.07, 6.45) is 0. The summed E-state index contributed by atoms with van der Waals surface area (Å²) in [6.45, 7) is 5.37. The fourth-order valence-corrected chi connectivity index (χ4v) is 3.85. The molecule has 1 aliphatic heterocycles. The van der Waals surface area contributed by atoms with Crippen molar-refractivity contribution < 1.29 is 18.6 Å². The first kappa shape index (κ1) is 20.7. The zero-order valence-electron chi connectivity index (χ0n) is 16.4. The lowest BCUT2D eigenvalue weighted by atomic mass is 9.94. The van der Waals surface area contributed by atoms with Gasteiger partial charge in [-0.05, 0) is 36.1 Å². The second kappa shape index (κ2) is 8.99. The van der Waals surface area contributed by atoms with Gasteiger partial charge in [-0.15, -0.1) is 0 Å². The predicted octanol–water partition coefficient (Wildman–Crippen LogP) is 3.46. The number of aliphatic hydroxyl groups is 1. The summed E-state index contributed by atoms with van der Waals surface area (Å²) >= 11 is 0. The number of rotatable bonds is 7. The van der Waals surface area contributed by atoms with E-state index in [1.165, 1.54) is 0 Å². The summed E-state index contributed by atoms with van der Waals surface area (Å²) in [7, 11) is 0. The zero-order chi connectivity index (χ0) is 20.1. The van der Waals surface area contributed by atoms with Gasteiger partial charge in [-0.3, -0.25) is 4.90 Å². The maximum atomic E-state index is 14.7. The fraction of sp³-hybridized carbons (Fsp3) is 0.455. The predicted molar refractivity (Wildman–Crippen MR) is 106 cm³/mol. The molecule has 1 saturated heterocycles. The molecule has 1 fully saturated rings. The van der Waals surface area contributed by atoms with Gasteiger partial charge in [-0.25, -0.2) is 8.78 Å². The molecule has 3 rings (SSSR count). The zero-order valence-corrected chi connectivity index (χ0v) is 16.4. The van der Waals surface area contributed by atoms with E-state index < -0.39 is 18.6 Å². The first-order chi connectivity index (χ1) is 13.4. The number of aliphatic hydroxyl groups excluding tert-OH is 1. The van der Waals surface area contributed by atoms with Crippen LogP contribution in [0.3, 0.4) is 0 Å². The Hall–Kier alpha value is -2.02. The molecule has 0 aromatic heterocycles. The number of alkyl halides is 2. The van der Waals surface area contributed by atoms with Crippen LogP contribution in [0.25, 0.3) is 0 Å². The van der Waals surface area contributed by atoms with E-state index in [4.69, 9.17) is 4.74 Å². The van der Waals surface area contributed by atoms with E-state index in [2.05, 4.69) is 5.32 Å². The van der Waals surface area contributed by atoms with E-state index in [1.807, 2.05) is 44.2 Å². The van der Waals surface area contributed by atoms with Gasteiger partial charge in [0.25, 0.3) is 5.92 Å². The lowest BCUT2D eigenvalue weighted by Gasteiger charge is -2.39. The Morgan fingerprint density at radius 2 is 1.71 bits per heavy atom. The van der Waals surface area contributed by atoms with Gasteiger partial charge >= 0.3 is 0 Å². The highest BCUT2D eigenvalue weighted by Gasteiger charge is 2.44. The summed E-state index contributed by atoms with van der Waals surface area (Å²) in [6, 6.07) is 12.2. The van der Waals surface area contributed by atoms with Crippen molar-refractivity contribution in [2.24, 2.45) is 0 Å². The second-order valence-electron chi connectivity index (χ2n) is 7.37. The number of aryl methyl sites for hydroxylation is 2. The van der Waals surface area contributed by atoms with Crippen LogP contribution in [-0.2, 0) is 6.61 Å². The highest BCUT2D eigenvalue weighted by atomic mass is 19.3. The molecule has 6 heteroatoms. The lowest BCUT2D eigenvalue weighted by Crippen LogP contribution is -2.51. The van der Waals surface area contributed by atoms with Crippen molar-refractivity contribution >= 4 is 0 Å². The Balaban J connectivity index is 1.87. The number of hydrogen-bond acceptors (Lipinski definition) is 4. The summed E-state index contributed by atoms with van der Waals surface area (Å²) < 4.78 is 35.3. The SMILES string of the molecule is Cc1cc([C@H](N2CCNCC2)C(F)(F)CO)cc(C)c1OCc1ccccc1. The molecule has 2 aromatic rings. The van der Waals surface area contributed by atoms with E-state index in [9.17, 15) is 13.9 Å². The normalized spacial score (nSPS) is 16.8. The van der Waals surface area contributed by atoms with Gasteiger partial charge in [0.15, 0.2) is 0 Å². The highest BCUT2D eigenvalue weighted by Crippen LogP contribution is 2.39. The van der Waals surface area contributed by atoms with Gasteiger partial charge in [0.1, 0.15) is 25.0 Å². The number of halogens is 2. The van der Waals surface area contributed by atoms with Crippen LogP contribution in [0.15, 0.2) is 42.5 Å². The van der Waals surface area contributed by atoms with E-state index >= 15 is 0 Å². The van der Waals surface area contributed by atoms with Crippen LogP contribution in [-0.4, -0.2) is 48.7 Å². The molecule has 1 heterocycles. The lowest BCUT2D eigenvalue weighted by molar-refractivity contribution is -0.118. The molecule has 4 nitrogen and oxygen atoms in total. The molecule has 0 bridgehead atoms. The van der Waals surface area contributed by atoms with Gasteiger partial charge in [0.2, 0.25) is 0 Å². The van der Waals surface area contributed by atoms with Crippen molar-refractivity contribution in [3.05, 3.63) is 64.7 Å². The molecule has 1 atom stereocenters. The third kappa shape index (κ3) is 4.69. The minimum Gasteiger partial charge on any atom is -0.488 e. The van der Waals surface area contributed by atoms with Gasteiger partial charge in [-0.1, -0.05) is 42.5 Å². The molecule has 0 amide bonds. The summed E-state index contributed by atoms with van der Waals surface area (Å²) in [5.41, 5.74) is 3.21. The van der Waals surface area contributed by atoms with Crippen LogP contribution < -0.4 is 10.1 Å². The molecule has 0 saturated carbocycles. The third-order valence-electron chi connectivity index (χ3n) is 5.15. The average molecular weight is 390 g/mol. The van der Waals surface area contributed by atoms with Crippen LogP contribution in [0.2, 0.25) is 0 Å². The largest absolute Gasteiger partial charge is 0.488 e. The van der Waals surface area contributed by atoms with E-state index in [0.29, 0.717) is 38.3 Å². The van der Waals surface area contributed by atoms with E-state index in [1.54, 1.807) is 17.0 Å². The molecular weight excluding hydrogens is 362 g/mol. The number of nitrogens with one attached hydrogen (secondary N) is 1. The van der Waals surface area contributed by atoms with E-state index in [0.717, 1.165) is 22.4 Å². The molecule has 152 valence electrons. The summed E-state index contributed by atoms with van der Waals surface area (Å²) in [5, 5.41) is 12.5. The molecule has 2 aromatic carbocycles. The molecule has 0 spiro atoms. The Labute approximate surface area is 165 Å². The highest BCUT2D eigenvalue weighted by molar-refractivity contribution is 5.45. The van der Waals surface area contributed by atoms with Crippen molar-refractivity contribution in [2.45, 2.75) is 32.4 Å². The minimum absolute atomic E-state index is 0.426. The van der Waals surface area contributed by atoms with Crippen molar-refractivity contribution in [3.8, 4) is 5.75 Å². The number of benzene rings is 2. The summed E-state index contributed by atoms with van der Waals surface area (Å²) in [4.78, 5) is 1.76. The first-order valence-corrected chi connectivity index (χ1v) is 9.63. The second-order valence-corrected chi connectivity index (χ2v) is 7.37. The van der Waals surface area contributed by atoms with Crippen molar-refractivity contribution in [1.29, 1.82) is 0 Å². The average Bonchev–Trinajstić information content (AvgIpc) is 2.69. The standard InChI is InChI=1S/C22H28F2N2O2/c1-16-12-19(21(22(23,24)15-27)26-10-8-25-9-11-26)13-17(2)20(16)28-14-18-6-4-3-5-7-18/h3-7,12-13,21,25,27H,8-11,14-15H2,1-2H3/t21-/m0/s1. The molecule has 0 radical (unpaired) electrons. The van der Waals surface area contributed by atoms with Crippen LogP contribution in [0.1, 0.15) is 28.3 Å². The Bertz CT molecular complexity index is 754. The Morgan fingerprint density at radius 1 is 1.11 bits per heavy atom. The van der Waals surface area contributed by atoms with Crippen LogP contribution >= 0.6 is 0 Å². The van der Waals surface area contributed by atoms with Gasteiger partial charge < -0.3 is 15.2 Å². The van der Waals surface area contributed by atoms with Crippen molar-refractivity contribution in [1.82, 2.24) is 10.2 Å². The van der Waals surface area contributed by atoms with Crippen LogP contribution in [0.4, 0.5) is 8.78 Å². The number of nitrogens with zero attached hydrogens (tertiary/aromatic N) is 1. The Kier molecular flexibility index (Phi) is 6.65. The van der Waals surface area contributed by atoms with E-state index in [-0.39, 0.29) is 0 Å². The summed E-state index contributed by atoms with van der Waals surface area (Å²) in [5.74, 6) is -2.50. The Morgan fingerprint density at radius 3 is 2.29 bits per heavy atom. The molecule has 28 heavy (non-hydrogen) atoms. The van der Waals surface area contributed by atoms with Crippen LogP contribution in [0, 0.1) is 13.8 Å².